The first kappa shape index (κ1) is 55.6. The summed E-state index contributed by atoms with van der Waals surface area (Å²) in [6.45, 7) is 5.67. The number of carbonyl (C=O) groups is 1. The number of rotatable bonds is 23. The Bertz CT molecular complexity index is 3480. The van der Waals surface area contributed by atoms with Crippen LogP contribution in [0.2, 0.25) is 0 Å². The Balaban J connectivity index is 1.61. The Labute approximate surface area is 412 Å². The number of allylic oxidation sites excluding steroid dienone is 4. The fourth-order valence-electron chi connectivity index (χ4n) is 9.71. The molecule has 0 aliphatic carbocycles. The van der Waals surface area contributed by atoms with Crippen LogP contribution in [0, 0.1) is 0 Å². The smallest absolute Gasteiger partial charge is 0.303 e. The Morgan fingerprint density at radius 1 is 0.718 bits per heavy atom. The molecule has 0 saturated heterocycles. The SMILES string of the molecule is COCCNS(=O)(=O)c1cc(S(=O)(=O)O)c2ccc3c(c2c1)C(C)(CCCS(=O)(=O)O)C(/C=C/C=C1/N(CCCCCC(=O)O)c2ccc4c(S(=O)(=O)O)cc(S(=O)(=O)O)cc4c2C1(C)C)=[N+]3CCOC. The normalized spacial score (nSPS) is 18.1. The van der Waals surface area contributed by atoms with E-state index in [1.807, 2.05) is 9.48 Å². The third-order valence-electron chi connectivity index (χ3n) is 12.8. The zero-order chi connectivity index (χ0) is 52.7. The Hall–Kier alpha value is -4.71. The molecule has 388 valence electrons. The van der Waals surface area contributed by atoms with Gasteiger partial charge in [-0.15, -0.1) is 0 Å². The zero-order valence-corrected chi connectivity index (χ0v) is 43.4. The number of hydrogen-bond donors (Lipinski definition) is 6. The molecule has 2 heterocycles. The minimum absolute atomic E-state index is 0.0250. The molecule has 4 aromatic carbocycles. The summed E-state index contributed by atoms with van der Waals surface area (Å²) in [5, 5.41) is 9.36. The number of ether oxygens (including phenoxy) is 2. The molecule has 2 aliphatic rings. The first-order chi connectivity index (χ1) is 32.9. The molecule has 26 heteroatoms. The molecule has 2 aliphatic heterocycles. The lowest BCUT2D eigenvalue weighted by atomic mass is 9.74. The third kappa shape index (κ3) is 11.7. The second-order valence-electron chi connectivity index (χ2n) is 17.9. The van der Waals surface area contributed by atoms with Gasteiger partial charge < -0.3 is 19.5 Å². The van der Waals surface area contributed by atoms with Gasteiger partial charge in [0.05, 0.1) is 27.6 Å². The molecule has 0 aromatic heterocycles. The van der Waals surface area contributed by atoms with Gasteiger partial charge in [-0.25, -0.2) is 13.1 Å². The number of sulfonamides is 1. The molecular formula is C45H56N3O18S5+. The number of carboxylic acids is 1. The number of unbranched alkanes of at least 4 members (excludes halogenated alkanes) is 2. The van der Waals surface area contributed by atoms with Crippen molar-refractivity contribution in [3.05, 3.63) is 83.6 Å². The van der Waals surface area contributed by atoms with Crippen LogP contribution in [0.1, 0.15) is 70.4 Å². The van der Waals surface area contributed by atoms with Crippen molar-refractivity contribution in [1.29, 1.82) is 0 Å². The van der Waals surface area contributed by atoms with E-state index in [9.17, 15) is 70.2 Å². The van der Waals surface area contributed by atoms with Crippen LogP contribution in [0.5, 0.6) is 0 Å². The van der Waals surface area contributed by atoms with Gasteiger partial charge in [0.25, 0.3) is 40.5 Å². The van der Waals surface area contributed by atoms with Crippen LogP contribution in [-0.4, -0.2) is 134 Å². The molecule has 0 amide bonds. The predicted octanol–water partition coefficient (Wildman–Crippen LogP) is 5.21. The van der Waals surface area contributed by atoms with Crippen molar-refractivity contribution < 1.29 is 84.3 Å². The van der Waals surface area contributed by atoms with E-state index >= 15 is 0 Å². The summed E-state index contributed by atoms with van der Waals surface area (Å²) < 4.78 is 184. The second-order valence-corrected chi connectivity index (χ2v) is 25.5. The minimum atomic E-state index is -5.09. The minimum Gasteiger partial charge on any atom is -0.481 e. The zero-order valence-electron chi connectivity index (χ0n) is 39.3. The fourth-order valence-corrected chi connectivity index (χ4v) is 13.4. The van der Waals surface area contributed by atoms with Crippen LogP contribution in [0.4, 0.5) is 11.4 Å². The molecule has 0 fully saturated rings. The highest BCUT2D eigenvalue weighted by atomic mass is 32.2. The Kier molecular flexibility index (Phi) is 16.2. The van der Waals surface area contributed by atoms with Crippen LogP contribution in [-0.2, 0) is 75.6 Å². The van der Waals surface area contributed by atoms with Gasteiger partial charge in [0.1, 0.15) is 16.4 Å². The van der Waals surface area contributed by atoms with Gasteiger partial charge in [0.15, 0.2) is 12.3 Å². The quantitative estimate of drug-likeness (QED) is 0.0315. The van der Waals surface area contributed by atoms with Crippen LogP contribution < -0.4 is 9.62 Å². The molecule has 1 atom stereocenters. The molecule has 6 N–H and O–H groups in total. The summed E-state index contributed by atoms with van der Waals surface area (Å²) in [4.78, 5) is 10.5. The maximum atomic E-state index is 13.7. The number of anilines is 1. The summed E-state index contributed by atoms with van der Waals surface area (Å²) >= 11 is 0. The topological polar surface area (TPSA) is 326 Å². The second kappa shape index (κ2) is 20.7. The van der Waals surface area contributed by atoms with E-state index in [1.54, 1.807) is 51.1 Å². The highest BCUT2D eigenvalue weighted by Crippen LogP contribution is 2.53. The molecule has 0 spiro atoms. The summed E-state index contributed by atoms with van der Waals surface area (Å²) in [6, 6.07) is 9.88. The summed E-state index contributed by atoms with van der Waals surface area (Å²) in [6.07, 6.45) is 6.20. The van der Waals surface area contributed by atoms with Gasteiger partial charge in [-0.1, -0.05) is 32.4 Å². The van der Waals surface area contributed by atoms with Gasteiger partial charge in [0.2, 0.25) is 15.7 Å². The standard InChI is InChI=1S/C45H55N3O18S5/c1-44(2)39(47(20-8-6-7-13-41(49)50)35-16-14-31-33(42(35)44)26-30(69(56,57)58)28-38(31)71(62,63)64)11-9-12-40-45(3,18-10-24-67(51,52)53)43-34-25-29(68(54,55)46-19-22-65-4)27-37(70(59,60)61)32(34)15-17-36(43)48(40)21-23-66-5/h9,11-12,14-17,25-28,46H,6-8,10,13,18-24H2,1-5H3,(H4-,49,50,51,52,53,56,57,58,59,60,61,62,63,64)/p+1. The lowest BCUT2D eigenvalue weighted by Crippen LogP contribution is -2.33. The van der Waals surface area contributed by atoms with Crippen LogP contribution >= 0.6 is 0 Å². The van der Waals surface area contributed by atoms with Crippen molar-refractivity contribution in [2.75, 3.05) is 57.7 Å². The van der Waals surface area contributed by atoms with Crippen molar-refractivity contribution in [3.63, 3.8) is 0 Å². The molecule has 0 bridgehead atoms. The molecule has 0 saturated carbocycles. The fraction of sp³-hybridized carbons (Fsp3) is 0.422. The number of benzene rings is 4. The lowest BCUT2D eigenvalue weighted by Gasteiger charge is -2.27. The largest absolute Gasteiger partial charge is 0.481 e. The van der Waals surface area contributed by atoms with Crippen molar-refractivity contribution in [2.45, 2.75) is 89.7 Å². The number of methoxy groups -OCH3 is 2. The van der Waals surface area contributed by atoms with E-state index in [4.69, 9.17) is 9.47 Å². The van der Waals surface area contributed by atoms with E-state index in [0.717, 1.165) is 12.1 Å². The van der Waals surface area contributed by atoms with Crippen molar-refractivity contribution in [2.24, 2.45) is 0 Å². The van der Waals surface area contributed by atoms with Crippen molar-refractivity contribution in [1.82, 2.24) is 4.72 Å². The van der Waals surface area contributed by atoms with Gasteiger partial charge in [-0.3, -0.25) is 23.0 Å². The number of hydrogen-bond acceptors (Lipinski definition) is 14. The van der Waals surface area contributed by atoms with E-state index in [0.29, 0.717) is 59.2 Å². The summed E-state index contributed by atoms with van der Waals surface area (Å²) in [5.41, 5.74) is 0.398. The van der Waals surface area contributed by atoms with E-state index in [2.05, 4.69) is 4.72 Å². The number of carboxylic acid groups (broad SMARTS) is 1. The number of nitrogens with zero attached hydrogens (tertiary/aromatic N) is 2. The highest BCUT2D eigenvalue weighted by Gasteiger charge is 2.49. The van der Waals surface area contributed by atoms with Crippen LogP contribution in [0.3, 0.4) is 0 Å². The number of fused-ring (bicyclic) bond motifs is 6. The predicted molar refractivity (Wildman–Crippen MR) is 263 cm³/mol. The average Bonchev–Trinajstić information content (AvgIpc) is 3.62. The molecule has 21 nitrogen and oxygen atoms in total. The molecular weight excluding hydrogens is 1030 g/mol. The molecule has 71 heavy (non-hydrogen) atoms. The van der Waals surface area contributed by atoms with Gasteiger partial charge in [-0.05, 0) is 91.4 Å². The van der Waals surface area contributed by atoms with Crippen LogP contribution in [0.25, 0.3) is 21.5 Å². The highest BCUT2D eigenvalue weighted by molar-refractivity contribution is 7.89. The van der Waals surface area contributed by atoms with E-state index < -0.39 is 92.6 Å². The van der Waals surface area contributed by atoms with E-state index in [1.165, 1.54) is 32.4 Å². The number of aliphatic carboxylic acids is 1. The van der Waals surface area contributed by atoms with Gasteiger partial charge in [-0.2, -0.15) is 38.2 Å². The van der Waals surface area contributed by atoms with E-state index in [-0.39, 0.29) is 73.7 Å². The van der Waals surface area contributed by atoms with Gasteiger partial charge >= 0.3 is 5.97 Å². The molecule has 0 radical (unpaired) electrons. The first-order valence-corrected chi connectivity index (χ1v) is 29.4. The van der Waals surface area contributed by atoms with Crippen LogP contribution in [0.15, 0.2) is 92.0 Å². The van der Waals surface area contributed by atoms with Crippen molar-refractivity contribution in [3.8, 4) is 0 Å². The first-order valence-electron chi connectivity index (χ1n) is 22.0. The lowest BCUT2D eigenvalue weighted by molar-refractivity contribution is -0.441. The van der Waals surface area contributed by atoms with Crippen molar-refractivity contribution >= 4 is 95.1 Å². The summed E-state index contributed by atoms with van der Waals surface area (Å²) in [5.74, 6) is -1.65. The molecule has 4 aromatic rings. The Morgan fingerprint density at radius 2 is 1.31 bits per heavy atom. The molecule has 1 unspecified atom stereocenters. The average molecular weight is 1090 g/mol. The Morgan fingerprint density at radius 3 is 1.89 bits per heavy atom. The number of nitrogens with one attached hydrogen (secondary N) is 1. The van der Waals surface area contributed by atoms with Gasteiger partial charge in [0, 0.05) is 79.0 Å². The maximum absolute atomic E-state index is 13.7. The monoisotopic (exact) mass is 1090 g/mol. The molecule has 6 rings (SSSR count). The maximum Gasteiger partial charge on any atom is 0.303 e. The summed E-state index contributed by atoms with van der Waals surface area (Å²) in [7, 11) is -21.3. The third-order valence-corrected chi connectivity index (χ3v) is 17.6.